The van der Waals surface area contributed by atoms with Gasteiger partial charge in [0.15, 0.2) is 6.23 Å². The van der Waals surface area contributed by atoms with Crippen LogP contribution in [0.25, 0.3) is 43.6 Å². The second-order valence-electron chi connectivity index (χ2n) is 12.4. The number of imide groups is 1. The van der Waals surface area contributed by atoms with Crippen molar-refractivity contribution in [1.82, 2.24) is 20.0 Å². The maximum Gasteiger partial charge on any atom is 0.276 e. The topological polar surface area (TPSA) is 234 Å². The molecule has 2 amide bonds. The summed E-state index contributed by atoms with van der Waals surface area (Å²) < 4.78 is 13.1. The SMILES string of the molecule is C[C@]1(CO)O[C@H](n2c3cc(O)ccc3c3c4c(c5c6ccc(O)cc6[nH]c5c32)C(=O)N(NCc2occc2CO)C4=O)[C@@H](O)[C@H](O)[C@H]1O. The molecule has 1 saturated heterocycles. The van der Waals surface area contributed by atoms with E-state index in [1.54, 1.807) is 18.2 Å². The van der Waals surface area contributed by atoms with Crippen LogP contribution in [0.15, 0.2) is 53.1 Å². The van der Waals surface area contributed by atoms with Gasteiger partial charge in [-0.1, -0.05) is 0 Å². The maximum absolute atomic E-state index is 14.4. The molecule has 5 atom stereocenters. The van der Waals surface area contributed by atoms with Gasteiger partial charge in [-0.15, -0.1) is 0 Å². The first-order valence-electron chi connectivity index (χ1n) is 15.1. The summed E-state index contributed by atoms with van der Waals surface area (Å²) in [6.45, 7) is 0.216. The fourth-order valence-corrected chi connectivity index (χ4v) is 7.10. The summed E-state index contributed by atoms with van der Waals surface area (Å²) in [5, 5.41) is 76.2. The van der Waals surface area contributed by atoms with Crippen molar-refractivity contribution in [3.63, 3.8) is 0 Å². The Morgan fingerprint density at radius 1 is 0.917 bits per heavy atom. The Labute approximate surface area is 269 Å². The molecule has 15 nitrogen and oxygen atoms in total. The lowest BCUT2D eigenvalue weighted by atomic mass is 9.88. The van der Waals surface area contributed by atoms with Crippen molar-refractivity contribution in [1.29, 1.82) is 0 Å². The highest BCUT2D eigenvalue weighted by Crippen LogP contribution is 2.48. The van der Waals surface area contributed by atoms with E-state index < -0.39 is 48.6 Å². The van der Waals surface area contributed by atoms with Crippen LogP contribution in [0.2, 0.25) is 0 Å². The van der Waals surface area contributed by atoms with E-state index in [1.165, 1.54) is 42.0 Å². The third kappa shape index (κ3) is 4.00. The molecular formula is C33H30N4O11. The van der Waals surface area contributed by atoms with Gasteiger partial charge in [0.1, 0.15) is 41.2 Å². The molecule has 9 N–H and O–H groups in total. The normalized spacial score (nSPS) is 24.6. The summed E-state index contributed by atoms with van der Waals surface area (Å²) in [6, 6.07) is 10.3. The van der Waals surface area contributed by atoms with E-state index in [0.717, 1.165) is 5.01 Å². The van der Waals surface area contributed by atoms with Crippen LogP contribution in [0.5, 0.6) is 11.5 Å². The summed E-state index contributed by atoms with van der Waals surface area (Å²) in [4.78, 5) is 31.9. The second kappa shape index (κ2) is 10.5. The van der Waals surface area contributed by atoms with Crippen LogP contribution < -0.4 is 5.43 Å². The number of furan rings is 1. The molecule has 3 aromatic carbocycles. The maximum atomic E-state index is 14.4. The number of aromatic nitrogens is 2. The Morgan fingerprint density at radius 3 is 2.31 bits per heavy atom. The summed E-state index contributed by atoms with van der Waals surface area (Å²) in [5.74, 6) is -1.35. The number of carbonyl (C=O) groups excluding carboxylic acids is 2. The first kappa shape index (κ1) is 30.3. The molecule has 1 fully saturated rings. The van der Waals surface area contributed by atoms with Crippen molar-refractivity contribution >= 4 is 55.4 Å². The number of amides is 2. The lowest BCUT2D eigenvalue weighted by molar-refractivity contribution is -0.289. The van der Waals surface area contributed by atoms with E-state index >= 15 is 0 Å². The van der Waals surface area contributed by atoms with E-state index in [4.69, 9.17) is 9.15 Å². The van der Waals surface area contributed by atoms with Crippen molar-refractivity contribution in [2.75, 3.05) is 6.61 Å². The van der Waals surface area contributed by atoms with Crippen LogP contribution in [0.4, 0.5) is 0 Å². The number of phenols is 2. The van der Waals surface area contributed by atoms with E-state index in [0.29, 0.717) is 38.5 Å². The van der Waals surface area contributed by atoms with Gasteiger partial charge in [-0.25, -0.2) is 10.4 Å². The molecule has 3 aromatic heterocycles. The standard InChI is InChI=1S/C33H30N4O11/c1-33(12-39)29(44)27(42)28(43)32(48-33)36-19-9-15(41)3-5-17(19)22-24-23(21-16-4-2-14(40)8-18(16)35-25(21)26(22)36)30(45)37(31(24)46)34-10-20-13(11-38)6-7-47-20/h2-9,27-29,32,34-35,38-44H,10-12H2,1H3/t27-,28-,29+,32-,33+/m0/s1. The van der Waals surface area contributed by atoms with Crippen LogP contribution in [-0.2, 0) is 17.9 Å². The van der Waals surface area contributed by atoms with Crippen LogP contribution in [0.1, 0.15) is 45.2 Å². The smallest absolute Gasteiger partial charge is 0.276 e. The van der Waals surface area contributed by atoms with E-state index in [9.17, 15) is 45.3 Å². The fraction of sp³-hybridized carbons (Fsp3) is 0.273. The minimum absolute atomic E-state index is 0.00366. The second-order valence-corrected chi connectivity index (χ2v) is 12.4. The molecule has 248 valence electrons. The number of benzene rings is 3. The van der Waals surface area contributed by atoms with Crippen molar-refractivity contribution < 1.29 is 54.5 Å². The molecule has 0 saturated carbocycles. The number of hydrazine groups is 1. The molecule has 0 spiro atoms. The van der Waals surface area contributed by atoms with Gasteiger partial charge in [0, 0.05) is 39.2 Å². The number of hydrogen-bond donors (Lipinski definition) is 9. The molecule has 0 aliphatic carbocycles. The molecule has 2 aliphatic heterocycles. The van der Waals surface area contributed by atoms with Crippen molar-refractivity contribution in [2.45, 2.75) is 50.2 Å². The van der Waals surface area contributed by atoms with Gasteiger partial charge >= 0.3 is 0 Å². The zero-order valence-corrected chi connectivity index (χ0v) is 25.2. The molecule has 0 radical (unpaired) electrons. The van der Waals surface area contributed by atoms with Crippen molar-refractivity contribution in [3.05, 3.63) is 71.2 Å². The number of aromatic hydroxyl groups is 2. The number of rotatable bonds is 6. The molecule has 0 unspecified atom stereocenters. The van der Waals surface area contributed by atoms with Gasteiger partial charge in [0.05, 0.1) is 59.2 Å². The Bertz CT molecular complexity index is 2320. The highest BCUT2D eigenvalue weighted by Gasteiger charge is 2.52. The fourth-order valence-electron chi connectivity index (χ4n) is 7.10. The van der Waals surface area contributed by atoms with Crippen LogP contribution in [0, 0.1) is 0 Å². The third-order valence-corrected chi connectivity index (χ3v) is 9.55. The minimum Gasteiger partial charge on any atom is -0.508 e. The quantitative estimate of drug-likeness (QED) is 0.116. The van der Waals surface area contributed by atoms with Gasteiger partial charge in [-0.2, -0.15) is 0 Å². The summed E-state index contributed by atoms with van der Waals surface area (Å²) in [5.41, 5.74) is 2.79. The molecular weight excluding hydrogens is 628 g/mol. The number of aliphatic hydroxyl groups is 5. The molecule has 48 heavy (non-hydrogen) atoms. The Morgan fingerprint density at radius 2 is 1.60 bits per heavy atom. The van der Waals surface area contributed by atoms with E-state index in [-0.39, 0.29) is 52.2 Å². The average Bonchev–Trinajstić information content (AvgIpc) is 3.82. The summed E-state index contributed by atoms with van der Waals surface area (Å²) >= 11 is 0. The van der Waals surface area contributed by atoms with Gasteiger partial charge < -0.3 is 54.5 Å². The van der Waals surface area contributed by atoms with Crippen molar-refractivity contribution in [3.8, 4) is 11.5 Å². The number of aliphatic hydroxyl groups excluding tert-OH is 5. The predicted molar refractivity (Wildman–Crippen MR) is 168 cm³/mol. The number of nitrogens with zero attached hydrogens (tertiary/aromatic N) is 2. The van der Waals surface area contributed by atoms with Gasteiger partial charge in [0.2, 0.25) is 0 Å². The number of nitrogens with one attached hydrogen (secondary N) is 2. The largest absolute Gasteiger partial charge is 0.508 e. The van der Waals surface area contributed by atoms with Crippen molar-refractivity contribution in [2.24, 2.45) is 0 Å². The number of ether oxygens (including phenoxy) is 1. The number of H-pyrrole nitrogens is 1. The van der Waals surface area contributed by atoms with E-state index in [1.807, 2.05) is 0 Å². The minimum atomic E-state index is -1.77. The Balaban J connectivity index is 1.46. The third-order valence-electron chi connectivity index (χ3n) is 9.55. The number of fused-ring (bicyclic) bond motifs is 10. The molecule has 8 rings (SSSR count). The Kier molecular flexibility index (Phi) is 6.64. The highest BCUT2D eigenvalue weighted by molar-refractivity contribution is 6.39. The molecule has 6 aromatic rings. The molecule has 5 heterocycles. The monoisotopic (exact) mass is 658 g/mol. The van der Waals surface area contributed by atoms with Crippen LogP contribution in [0.3, 0.4) is 0 Å². The number of carbonyl (C=O) groups is 2. The number of phenolic OH excluding ortho intramolecular Hbond substituents is 2. The zero-order chi connectivity index (χ0) is 33.8. The van der Waals surface area contributed by atoms with Gasteiger partial charge in [-0.05, 0) is 37.3 Å². The van der Waals surface area contributed by atoms with Gasteiger partial charge in [0.25, 0.3) is 11.8 Å². The zero-order valence-electron chi connectivity index (χ0n) is 25.2. The molecule has 15 heteroatoms. The lowest BCUT2D eigenvalue weighted by Crippen LogP contribution is -2.62. The number of hydrogen-bond acceptors (Lipinski definition) is 12. The van der Waals surface area contributed by atoms with Crippen LogP contribution >= 0.6 is 0 Å². The van der Waals surface area contributed by atoms with Crippen LogP contribution in [-0.4, -0.2) is 92.6 Å². The van der Waals surface area contributed by atoms with Gasteiger partial charge in [-0.3, -0.25) is 9.59 Å². The first-order chi connectivity index (χ1) is 23.0. The molecule has 2 aliphatic rings. The first-order valence-corrected chi connectivity index (χ1v) is 15.1. The highest BCUT2D eigenvalue weighted by atomic mass is 16.6. The summed E-state index contributed by atoms with van der Waals surface area (Å²) in [7, 11) is 0. The van der Waals surface area contributed by atoms with E-state index in [2.05, 4.69) is 10.4 Å². The Hall–Kier alpha value is -5.00. The lowest BCUT2D eigenvalue weighted by Gasteiger charge is -2.47. The number of aromatic amines is 1. The predicted octanol–water partition coefficient (Wildman–Crippen LogP) is 1.59. The molecule has 0 bridgehead atoms. The average molecular weight is 659 g/mol. The summed E-state index contributed by atoms with van der Waals surface area (Å²) in [6.07, 6.45) is -5.32.